The van der Waals surface area contributed by atoms with Gasteiger partial charge in [-0.3, -0.25) is 4.99 Å². The van der Waals surface area contributed by atoms with Gasteiger partial charge in [-0.15, -0.1) is 0 Å². The van der Waals surface area contributed by atoms with Crippen LogP contribution in [0, 0.1) is 5.92 Å². The van der Waals surface area contributed by atoms with E-state index in [0.717, 1.165) is 37.9 Å². The van der Waals surface area contributed by atoms with Gasteiger partial charge in [-0.05, 0) is 92.0 Å². The molecule has 0 aromatic heterocycles. The highest BCUT2D eigenvalue weighted by Crippen LogP contribution is 2.15. The fraction of sp³-hybridized carbons (Fsp3) is 0.950. The maximum absolute atomic E-state index is 4.73. The van der Waals surface area contributed by atoms with Crippen molar-refractivity contribution >= 4 is 5.96 Å². The lowest BCUT2D eigenvalue weighted by Gasteiger charge is -2.29. The molecule has 2 N–H and O–H groups in total. The normalized spacial score (nSPS) is 17.5. The first-order valence-electron chi connectivity index (χ1n) is 10.5. The standard InChI is InChI=1S/C20H43N5/c1-6-21-20(22-12-7-8-14-24(5)18(2)3)23-13-9-15-25-16-10-19(4)11-17-25/h18-19H,6-17H2,1-5H3,(H2,21,22,23). The molecule has 5 nitrogen and oxygen atoms in total. The third-order valence-electron chi connectivity index (χ3n) is 5.23. The summed E-state index contributed by atoms with van der Waals surface area (Å²) in [5.41, 5.74) is 0. The molecule has 1 aliphatic rings. The van der Waals surface area contributed by atoms with Crippen LogP contribution in [-0.2, 0) is 0 Å². The number of nitrogens with one attached hydrogen (secondary N) is 2. The van der Waals surface area contributed by atoms with Crippen molar-refractivity contribution < 1.29 is 0 Å². The molecule has 0 atom stereocenters. The molecule has 0 aliphatic carbocycles. The molecule has 1 saturated heterocycles. The smallest absolute Gasteiger partial charge is 0.191 e. The number of nitrogens with zero attached hydrogens (tertiary/aromatic N) is 3. The molecule has 0 saturated carbocycles. The second kappa shape index (κ2) is 13.4. The molecule has 0 unspecified atom stereocenters. The fourth-order valence-corrected chi connectivity index (χ4v) is 3.06. The summed E-state index contributed by atoms with van der Waals surface area (Å²) in [5.74, 6) is 1.89. The van der Waals surface area contributed by atoms with Crippen molar-refractivity contribution in [3.05, 3.63) is 0 Å². The van der Waals surface area contributed by atoms with Crippen LogP contribution >= 0.6 is 0 Å². The van der Waals surface area contributed by atoms with Gasteiger partial charge in [0, 0.05) is 25.7 Å². The molecule has 0 aromatic carbocycles. The van der Waals surface area contributed by atoms with Crippen molar-refractivity contribution in [2.45, 2.75) is 65.8 Å². The summed E-state index contributed by atoms with van der Waals surface area (Å²) in [6.07, 6.45) is 6.30. The van der Waals surface area contributed by atoms with Crippen LogP contribution in [-0.4, -0.2) is 74.7 Å². The number of hydrogen-bond donors (Lipinski definition) is 2. The van der Waals surface area contributed by atoms with E-state index in [4.69, 9.17) is 4.99 Å². The van der Waals surface area contributed by atoms with Gasteiger partial charge >= 0.3 is 0 Å². The van der Waals surface area contributed by atoms with Gasteiger partial charge in [-0.2, -0.15) is 0 Å². The fourth-order valence-electron chi connectivity index (χ4n) is 3.06. The Bertz CT molecular complexity index is 348. The molecule has 1 heterocycles. The van der Waals surface area contributed by atoms with E-state index in [0.29, 0.717) is 6.04 Å². The van der Waals surface area contributed by atoms with Gasteiger partial charge in [0.1, 0.15) is 0 Å². The van der Waals surface area contributed by atoms with Gasteiger partial charge in [0.05, 0.1) is 0 Å². The third kappa shape index (κ3) is 10.7. The molecule has 0 radical (unpaired) electrons. The SMILES string of the molecule is CCNC(=NCCCN1CCC(C)CC1)NCCCCN(C)C(C)C. The average Bonchev–Trinajstić information content (AvgIpc) is 2.59. The first-order valence-corrected chi connectivity index (χ1v) is 10.5. The Balaban J connectivity index is 2.14. The summed E-state index contributed by atoms with van der Waals surface area (Å²) in [5, 5.41) is 6.83. The van der Waals surface area contributed by atoms with Crippen LogP contribution in [0.5, 0.6) is 0 Å². The molecule has 0 aromatic rings. The molecule has 5 heteroatoms. The number of unbranched alkanes of at least 4 members (excludes halogenated alkanes) is 1. The summed E-state index contributed by atoms with van der Waals surface area (Å²) in [6, 6.07) is 0.634. The van der Waals surface area contributed by atoms with E-state index >= 15 is 0 Å². The van der Waals surface area contributed by atoms with E-state index in [1.165, 1.54) is 51.9 Å². The highest BCUT2D eigenvalue weighted by Gasteiger charge is 2.14. The minimum Gasteiger partial charge on any atom is -0.357 e. The molecule has 1 fully saturated rings. The zero-order chi connectivity index (χ0) is 18.5. The third-order valence-corrected chi connectivity index (χ3v) is 5.23. The van der Waals surface area contributed by atoms with Crippen LogP contribution in [0.25, 0.3) is 0 Å². The number of rotatable bonds is 11. The molecule has 1 rings (SSSR count). The monoisotopic (exact) mass is 353 g/mol. The Morgan fingerprint density at radius 3 is 2.52 bits per heavy atom. The molecule has 25 heavy (non-hydrogen) atoms. The minimum absolute atomic E-state index is 0.634. The first kappa shape index (κ1) is 22.2. The lowest BCUT2D eigenvalue weighted by atomic mass is 9.99. The van der Waals surface area contributed by atoms with E-state index in [1.807, 2.05) is 0 Å². The Kier molecular flexibility index (Phi) is 11.9. The van der Waals surface area contributed by atoms with Crippen molar-refractivity contribution in [3.63, 3.8) is 0 Å². The van der Waals surface area contributed by atoms with E-state index < -0.39 is 0 Å². The molecule has 0 spiro atoms. The van der Waals surface area contributed by atoms with Gasteiger partial charge in [0.2, 0.25) is 0 Å². The Hall–Kier alpha value is -0.810. The zero-order valence-electron chi connectivity index (χ0n) is 17.5. The molecule has 0 amide bonds. The summed E-state index contributed by atoms with van der Waals surface area (Å²) in [6.45, 7) is 16.7. The van der Waals surface area contributed by atoms with Crippen LogP contribution in [0.3, 0.4) is 0 Å². The van der Waals surface area contributed by atoms with E-state index in [9.17, 15) is 0 Å². The summed E-state index contributed by atoms with van der Waals surface area (Å²) in [4.78, 5) is 9.73. The van der Waals surface area contributed by atoms with E-state index in [2.05, 4.69) is 55.2 Å². The minimum atomic E-state index is 0.634. The molecular formula is C20H43N5. The lowest BCUT2D eigenvalue weighted by Crippen LogP contribution is -2.38. The van der Waals surface area contributed by atoms with Crippen molar-refractivity contribution in [1.82, 2.24) is 20.4 Å². The largest absolute Gasteiger partial charge is 0.357 e. The van der Waals surface area contributed by atoms with Gasteiger partial charge in [0.25, 0.3) is 0 Å². The lowest BCUT2D eigenvalue weighted by molar-refractivity contribution is 0.192. The van der Waals surface area contributed by atoms with Crippen molar-refractivity contribution in [3.8, 4) is 0 Å². The maximum atomic E-state index is 4.73. The van der Waals surface area contributed by atoms with Crippen LogP contribution in [0.1, 0.15) is 59.8 Å². The van der Waals surface area contributed by atoms with E-state index in [-0.39, 0.29) is 0 Å². The highest BCUT2D eigenvalue weighted by atomic mass is 15.2. The average molecular weight is 354 g/mol. The molecular weight excluding hydrogens is 310 g/mol. The van der Waals surface area contributed by atoms with Crippen molar-refractivity contribution in [2.75, 3.05) is 52.9 Å². The maximum Gasteiger partial charge on any atom is 0.191 e. The Labute approximate surface area is 156 Å². The Morgan fingerprint density at radius 1 is 1.16 bits per heavy atom. The van der Waals surface area contributed by atoms with Gasteiger partial charge < -0.3 is 20.4 Å². The molecule has 148 valence electrons. The van der Waals surface area contributed by atoms with Crippen LogP contribution in [0.15, 0.2) is 4.99 Å². The molecule has 0 bridgehead atoms. The van der Waals surface area contributed by atoms with E-state index in [1.54, 1.807) is 0 Å². The van der Waals surface area contributed by atoms with Crippen LogP contribution < -0.4 is 10.6 Å². The van der Waals surface area contributed by atoms with Crippen molar-refractivity contribution in [2.24, 2.45) is 10.9 Å². The second-order valence-corrected chi connectivity index (χ2v) is 7.85. The quantitative estimate of drug-likeness (QED) is 0.340. The summed E-state index contributed by atoms with van der Waals surface area (Å²) < 4.78 is 0. The van der Waals surface area contributed by atoms with Crippen molar-refractivity contribution in [1.29, 1.82) is 0 Å². The first-order chi connectivity index (χ1) is 12.0. The predicted molar refractivity (Wildman–Crippen MR) is 110 cm³/mol. The summed E-state index contributed by atoms with van der Waals surface area (Å²) in [7, 11) is 2.20. The van der Waals surface area contributed by atoms with Crippen LogP contribution in [0.2, 0.25) is 0 Å². The number of aliphatic imine (C=N–C) groups is 1. The topological polar surface area (TPSA) is 42.9 Å². The number of hydrogen-bond acceptors (Lipinski definition) is 3. The highest BCUT2D eigenvalue weighted by molar-refractivity contribution is 5.79. The summed E-state index contributed by atoms with van der Waals surface area (Å²) >= 11 is 0. The van der Waals surface area contributed by atoms with Gasteiger partial charge in [0.15, 0.2) is 5.96 Å². The van der Waals surface area contributed by atoms with Crippen LogP contribution in [0.4, 0.5) is 0 Å². The van der Waals surface area contributed by atoms with Gasteiger partial charge in [-0.1, -0.05) is 6.92 Å². The number of piperidine rings is 1. The second-order valence-electron chi connectivity index (χ2n) is 7.85. The number of guanidine groups is 1. The van der Waals surface area contributed by atoms with Gasteiger partial charge in [-0.25, -0.2) is 0 Å². The molecule has 1 aliphatic heterocycles. The Morgan fingerprint density at radius 2 is 1.88 bits per heavy atom. The predicted octanol–water partition coefficient (Wildman–Crippen LogP) is 2.78. The zero-order valence-corrected chi connectivity index (χ0v) is 17.5. The number of likely N-dealkylation sites (tertiary alicyclic amines) is 1.